The maximum absolute atomic E-state index is 12.8. The number of ketones is 1. The number of hydrogen-bond acceptors (Lipinski definition) is 9. The van der Waals surface area contributed by atoms with Gasteiger partial charge < -0.3 is 28.9 Å². The van der Waals surface area contributed by atoms with Gasteiger partial charge in [0.25, 0.3) is 0 Å². The number of aliphatic hydroxyl groups is 2. The number of ether oxygens (including phenoxy) is 2. The minimum absolute atomic E-state index is 0.0247. The third-order valence-corrected chi connectivity index (χ3v) is 8.90. The molecule has 10 heteroatoms. The molecule has 3 heterocycles. The summed E-state index contributed by atoms with van der Waals surface area (Å²) in [4.78, 5) is 40.7. The second-order valence-corrected chi connectivity index (χ2v) is 11.1. The number of fused-ring (bicyclic) bond motifs is 1. The highest BCUT2D eigenvalue weighted by Gasteiger charge is 2.59. The van der Waals surface area contributed by atoms with Crippen LogP contribution in [-0.2, 0) is 25.5 Å². The Morgan fingerprint density at radius 2 is 1.95 bits per heavy atom. The first-order valence-electron chi connectivity index (χ1n) is 12.9. The molecule has 0 spiro atoms. The molecule has 4 atom stereocenters. The third-order valence-electron chi connectivity index (χ3n) is 7.79. The Morgan fingerprint density at radius 1 is 1.18 bits per heavy atom. The molecule has 206 valence electrons. The quantitative estimate of drug-likeness (QED) is 0.199. The number of Topliss-reactive ketones (excluding diaryl/α,β-unsaturated/α-hetero) is 1. The molecule has 0 aliphatic carbocycles. The van der Waals surface area contributed by atoms with E-state index >= 15 is 0 Å². The molecule has 9 nitrogen and oxygen atoms in total. The normalized spacial score (nSPS) is 22.6. The number of β-lactam (4-membered cyclic amide) rings is 1. The molecule has 3 aliphatic rings. The number of aliphatic hydroxyl groups excluding tert-OH is 2. The van der Waals surface area contributed by atoms with Crippen molar-refractivity contribution in [1.82, 2.24) is 4.90 Å². The monoisotopic (exact) mass is 552 g/mol. The molecule has 0 bridgehead atoms. The maximum atomic E-state index is 12.8. The Hall–Kier alpha value is -3.18. The number of carbonyl (C=O) groups excluding carboxylic acids is 3. The number of nitrogens with zero attached hydrogens (tertiary/aromatic N) is 2. The second kappa shape index (κ2) is 10.8. The zero-order chi connectivity index (χ0) is 28.0. The van der Waals surface area contributed by atoms with Crippen molar-refractivity contribution in [2.45, 2.75) is 37.3 Å². The molecule has 1 amide bonds. The van der Waals surface area contributed by atoms with Gasteiger partial charge in [-0.3, -0.25) is 9.59 Å². The second-order valence-electron chi connectivity index (χ2n) is 10.0. The van der Waals surface area contributed by atoms with Crippen LogP contribution in [-0.4, -0.2) is 78.9 Å². The van der Waals surface area contributed by atoms with Gasteiger partial charge in [-0.05, 0) is 60.0 Å². The van der Waals surface area contributed by atoms with E-state index in [1.807, 2.05) is 43.3 Å². The van der Waals surface area contributed by atoms with E-state index in [1.165, 1.54) is 19.1 Å². The molecule has 3 aliphatic heterocycles. The van der Waals surface area contributed by atoms with Gasteiger partial charge in [0.15, 0.2) is 5.78 Å². The number of carbonyl (C=O) groups is 3. The first-order chi connectivity index (χ1) is 18.7. The van der Waals surface area contributed by atoms with Crippen molar-refractivity contribution in [2.75, 3.05) is 38.3 Å². The van der Waals surface area contributed by atoms with E-state index in [0.717, 1.165) is 26.9 Å². The number of rotatable bonds is 10. The van der Waals surface area contributed by atoms with E-state index in [-0.39, 0.29) is 42.6 Å². The van der Waals surface area contributed by atoms with Crippen molar-refractivity contribution in [3.63, 3.8) is 0 Å². The number of methoxy groups -OCH3 is 2. The van der Waals surface area contributed by atoms with E-state index in [2.05, 4.69) is 4.31 Å². The molecular formula is C29H32N2O7S. The fourth-order valence-electron chi connectivity index (χ4n) is 6.05. The summed E-state index contributed by atoms with van der Waals surface area (Å²) in [6.07, 6.45) is 3.45. The van der Waals surface area contributed by atoms with E-state index in [1.54, 1.807) is 18.9 Å². The average Bonchev–Trinajstić information content (AvgIpc) is 3.38. The SMILES string of the molecule is COCC(=O)c1ccc2c3c(ccc(CCO)c13)SN2C/C=C/C1=C(C(=O)OC)N2C(=O)C(C(C)O)C2C1C. The predicted octanol–water partition coefficient (Wildman–Crippen LogP) is 2.87. The van der Waals surface area contributed by atoms with Crippen LogP contribution in [0, 0.1) is 11.8 Å². The molecular weight excluding hydrogens is 520 g/mol. The average molecular weight is 553 g/mol. The molecule has 0 aromatic heterocycles. The van der Waals surface area contributed by atoms with Crippen LogP contribution in [0.3, 0.4) is 0 Å². The fourth-order valence-corrected chi connectivity index (χ4v) is 7.13. The minimum Gasteiger partial charge on any atom is -0.464 e. The summed E-state index contributed by atoms with van der Waals surface area (Å²) >= 11 is 1.56. The van der Waals surface area contributed by atoms with Gasteiger partial charge in [-0.1, -0.05) is 25.1 Å². The van der Waals surface area contributed by atoms with Gasteiger partial charge in [0.1, 0.15) is 12.3 Å². The summed E-state index contributed by atoms with van der Waals surface area (Å²) in [5, 5.41) is 21.6. The lowest BCUT2D eigenvalue weighted by atomic mass is 9.78. The highest BCUT2D eigenvalue weighted by Crippen LogP contribution is 2.49. The summed E-state index contributed by atoms with van der Waals surface area (Å²) < 4.78 is 12.2. The lowest BCUT2D eigenvalue weighted by molar-refractivity contribution is -0.163. The van der Waals surface area contributed by atoms with Gasteiger partial charge in [0.05, 0.1) is 30.9 Å². The smallest absolute Gasteiger partial charge is 0.355 e. The van der Waals surface area contributed by atoms with Gasteiger partial charge in [-0.25, -0.2) is 4.79 Å². The van der Waals surface area contributed by atoms with E-state index in [0.29, 0.717) is 24.1 Å². The Kier molecular flexibility index (Phi) is 7.56. The van der Waals surface area contributed by atoms with Crippen molar-refractivity contribution in [3.8, 4) is 0 Å². The van der Waals surface area contributed by atoms with Crippen molar-refractivity contribution >= 4 is 46.1 Å². The van der Waals surface area contributed by atoms with Crippen molar-refractivity contribution in [3.05, 3.63) is 58.8 Å². The summed E-state index contributed by atoms with van der Waals surface area (Å²) in [5.41, 5.74) is 3.39. The number of anilines is 1. The van der Waals surface area contributed by atoms with Crippen LogP contribution in [0.15, 0.2) is 52.6 Å². The van der Waals surface area contributed by atoms with Crippen LogP contribution < -0.4 is 4.31 Å². The Labute approximate surface area is 231 Å². The molecule has 2 N–H and O–H groups in total. The molecule has 1 saturated heterocycles. The van der Waals surface area contributed by atoms with E-state index < -0.39 is 18.0 Å². The van der Waals surface area contributed by atoms with E-state index in [9.17, 15) is 24.6 Å². The molecule has 39 heavy (non-hydrogen) atoms. The van der Waals surface area contributed by atoms with Crippen molar-refractivity contribution in [2.24, 2.45) is 11.8 Å². The molecule has 1 fully saturated rings. The molecule has 0 saturated carbocycles. The van der Waals surface area contributed by atoms with Crippen LogP contribution in [0.5, 0.6) is 0 Å². The van der Waals surface area contributed by atoms with Crippen molar-refractivity contribution in [1.29, 1.82) is 0 Å². The number of esters is 1. The topological polar surface area (TPSA) is 117 Å². The predicted molar refractivity (Wildman–Crippen MR) is 147 cm³/mol. The Bertz CT molecular complexity index is 1420. The first kappa shape index (κ1) is 27.4. The molecule has 2 aromatic carbocycles. The highest BCUT2D eigenvalue weighted by atomic mass is 32.2. The summed E-state index contributed by atoms with van der Waals surface area (Å²) in [7, 11) is 2.78. The van der Waals surface area contributed by atoms with Gasteiger partial charge in [-0.2, -0.15) is 0 Å². The van der Waals surface area contributed by atoms with Crippen LogP contribution in [0.1, 0.15) is 29.8 Å². The van der Waals surface area contributed by atoms with Gasteiger partial charge >= 0.3 is 5.97 Å². The summed E-state index contributed by atoms with van der Waals surface area (Å²) in [6, 6.07) is 7.44. The van der Waals surface area contributed by atoms with Crippen LogP contribution >= 0.6 is 11.9 Å². The van der Waals surface area contributed by atoms with Gasteiger partial charge in [0.2, 0.25) is 5.91 Å². The Balaban J connectivity index is 1.46. The zero-order valence-electron chi connectivity index (χ0n) is 22.3. The standard InChI is InChI=1S/C29H32N2O7S/c1-15-18(27(29(36)38-4)31-26(15)23(16(2)33)28(31)35)6-5-12-30-20-9-8-19(21(34)14-37-3)24-17(11-13-32)7-10-22(39-30)25(20)24/h5-10,15-16,23,26,32-33H,11-14H2,1-4H3/b6-5+. The number of allylic oxidation sites excluding steroid dienone is 1. The molecule has 0 radical (unpaired) electrons. The highest BCUT2D eigenvalue weighted by molar-refractivity contribution is 8.01. The lowest BCUT2D eigenvalue weighted by Gasteiger charge is -2.46. The zero-order valence-corrected chi connectivity index (χ0v) is 23.2. The maximum Gasteiger partial charge on any atom is 0.355 e. The number of benzene rings is 2. The number of amides is 1. The Morgan fingerprint density at radius 3 is 2.62 bits per heavy atom. The first-order valence-corrected chi connectivity index (χ1v) is 13.7. The van der Waals surface area contributed by atoms with Crippen LogP contribution in [0.25, 0.3) is 10.8 Å². The van der Waals surface area contributed by atoms with Gasteiger partial charge in [0, 0.05) is 42.0 Å². The fraction of sp³-hybridized carbons (Fsp3) is 0.414. The van der Waals surface area contributed by atoms with Gasteiger partial charge in [-0.15, -0.1) is 0 Å². The summed E-state index contributed by atoms with van der Waals surface area (Å²) in [6.45, 7) is 4.00. The summed E-state index contributed by atoms with van der Waals surface area (Å²) in [5.74, 6) is -1.64. The minimum atomic E-state index is -0.806. The van der Waals surface area contributed by atoms with Crippen molar-refractivity contribution < 1.29 is 34.1 Å². The molecule has 5 rings (SSSR count). The molecule has 2 aromatic rings. The van der Waals surface area contributed by atoms with Crippen LogP contribution in [0.4, 0.5) is 5.69 Å². The molecule has 4 unspecified atom stereocenters. The van der Waals surface area contributed by atoms with E-state index in [4.69, 9.17) is 9.47 Å². The lowest BCUT2D eigenvalue weighted by Crippen LogP contribution is -2.63. The largest absolute Gasteiger partial charge is 0.464 e. The number of hydrogen-bond donors (Lipinski definition) is 2. The third kappa shape index (κ3) is 4.35. The van der Waals surface area contributed by atoms with Crippen LogP contribution in [0.2, 0.25) is 0 Å².